The van der Waals surface area contributed by atoms with Crippen molar-refractivity contribution in [3.8, 4) is 5.75 Å². The minimum atomic E-state index is 0.256. The molecule has 2 heteroatoms. The van der Waals surface area contributed by atoms with Crippen LogP contribution in [0.2, 0.25) is 0 Å². The van der Waals surface area contributed by atoms with Crippen LogP contribution in [0.25, 0.3) is 0 Å². The molecule has 2 nitrogen and oxygen atoms in total. The van der Waals surface area contributed by atoms with E-state index in [1.54, 1.807) is 0 Å². The summed E-state index contributed by atoms with van der Waals surface area (Å²) >= 11 is 0. The zero-order valence-corrected chi connectivity index (χ0v) is 13.5. The van der Waals surface area contributed by atoms with Gasteiger partial charge in [0.05, 0.1) is 0 Å². The third-order valence-electron chi connectivity index (χ3n) is 4.68. The van der Waals surface area contributed by atoms with Crippen molar-refractivity contribution in [2.75, 3.05) is 0 Å². The number of ether oxygens (including phenoxy) is 1. The first kappa shape index (κ1) is 15.8. The van der Waals surface area contributed by atoms with Gasteiger partial charge in [-0.15, -0.1) is 0 Å². The maximum absolute atomic E-state index is 12.3. The highest BCUT2D eigenvalue weighted by Gasteiger charge is 2.16. The van der Waals surface area contributed by atoms with Crippen molar-refractivity contribution in [1.29, 1.82) is 0 Å². The van der Waals surface area contributed by atoms with Crippen LogP contribution in [0.1, 0.15) is 54.4 Å². The molecule has 1 saturated carbocycles. The van der Waals surface area contributed by atoms with Gasteiger partial charge in [0.1, 0.15) is 12.4 Å². The molecule has 1 aliphatic rings. The summed E-state index contributed by atoms with van der Waals surface area (Å²) in [5.41, 5.74) is 1.94. The molecule has 0 heterocycles. The quantitative estimate of drug-likeness (QED) is 0.638. The number of benzene rings is 2. The van der Waals surface area contributed by atoms with Gasteiger partial charge in [-0.2, -0.15) is 0 Å². The highest BCUT2D eigenvalue weighted by atomic mass is 16.5. The van der Waals surface area contributed by atoms with Crippen LogP contribution in [-0.4, -0.2) is 5.78 Å². The van der Waals surface area contributed by atoms with E-state index >= 15 is 0 Å². The second-order valence-corrected chi connectivity index (χ2v) is 6.41. The Bertz CT molecular complexity index is 610. The Morgan fingerprint density at radius 3 is 2.35 bits per heavy atom. The summed E-state index contributed by atoms with van der Waals surface area (Å²) in [7, 11) is 0. The summed E-state index contributed by atoms with van der Waals surface area (Å²) < 4.78 is 5.76. The molecular formula is C21H24O2. The molecule has 1 fully saturated rings. The topological polar surface area (TPSA) is 26.3 Å². The largest absolute Gasteiger partial charge is 0.489 e. The van der Waals surface area contributed by atoms with Gasteiger partial charge in [0.2, 0.25) is 0 Å². The second kappa shape index (κ2) is 7.96. The molecule has 0 saturated heterocycles. The zero-order valence-electron chi connectivity index (χ0n) is 13.5. The van der Waals surface area contributed by atoms with Crippen LogP contribution in [0.5, 0.6) is 5.75 Å². The minimum absolute atomic E-state index is 0.256. The SMILES string of the molecule is O=C(CCC1CCCC1)c1ccc(OCc2ccccc2)cc1. The lowest BCUT2D eigenvalue weighted by Crippen LogP contribution is -2.03. The first-order valence-electron chi connectivity index (χ1n) is 8.61. The van der Waals surface area contributed by atoms with Gasteiger partial charge in [0.25, 0.3) is 0 Å². The van der Waals surface area contributed by atoms with Crippen LogP contribution in [0.3, 0.4) is 0 Å². The fourth-order valence-corrected chi connectivity index (χ4v) is 3.26. The van der Waals surface area contributed by atoms with Gasteiger partial charge in [-0.05, 0) is 42.2 Å². The average Bonchev–Trinajstić information content (AvgIpc) is 3.13. The van der Waals surface area contributed by atoms with Crippen molar-refractivity contribution < 1.29 is 9.53 Å². The Kier molecular flexibility index (Phi) is 5.46. The summed E-state index contributed by atoms with van der Waals surface area (Å²) in [5.74, 6) is 1.83. The predicted molar refractivity (Wildman–Crippen MR) is 92.7 cm³/mol. The molecule has 0 unspecified atom stereocenters. The number of carbonyl (C=O) groups is 1. The van der Waals surface area contributed by atoms with E-state index in [0.717, 1.165) is 29.2 Å². The number of hydrogen-bond donors (Lipinski definition) is 0. The zero-order chi connectivity index (χ0) is 15.9. The predicted octanol–water partition coefficient (Wildman–Crippen LogP) is 5.42. The number of hydrogen-bond acceptors (Lipinski definition) is 2. The van der Waals surface area contributed by atoms with E-state index in [0.29, 0.717) is 13.0 Å². The highest BCUT2D eigenvalue weighted by Crippen LogP contribution is 2.29. The third-order valence-corrected chi connectivity index (χ3v) is 4.68. The molecular weight excluding hydrogens is 284 g/mol. The van der Waals surface area contributed by atoms with Crippen molar-refractivity contribution in [3.05, 3.63) is 65.7 Å². The molecule has 0 spiro atoms. The molecule has 23 heavy (non-hydrogen) atoms. The van der Waals surface area contributed by atoms with Gasteiger partial charge < -0.3 is 4.74 Å². The monoisotopic (exact) mass is 308 g/mol. The standard InChI is InChI=1S/C21H24O2/c22-21(15-10-17-6-4-5-7-17)19-11-13-20(14-12-19)23-16-18-8-2-1-3-9-18/h1-3,8-9,11-14,17H,4-7,10,15-16H2. The molecule has 2 aromatic carbocycles. The average molecular weight is 308 g/mol. The summed E-state index contributed by atoms with van der Waals surface area (Å²) in [6, 6.07) is 17.7. The van der Waals surface area contributed by atoms with Crippen LogP contribution in [0.4, 0.5) is 0 Å². The van der Waals surface area contributed by atoms with Crippen LogP contribution < -0.4 is 4.74 Å². The number of Topliss-reactive ketones (excluding diaryl/α,β-unsaturated/α-hetero) is 1. The van der Waals surface area contributed by atoms with E-state index in [4.69, 9.17) is 4.74 Å². The molecule has 2 aromatic rings. The molecule has 1 aliphatic carbocycles. The first-order chi connectivity index (χ1) is 11.3. The molecule has 0 amide bonds. The Balaban J connectivity index is 1.49. The van der Waals surface area contributed by atoms with E-state index in [9.17, 15) is 4.79 Å². The van der Waals surface area contributed by atoms with Crippen LogP contribution >= 0.6 is 0 Å². The normalized spacial score (nSPS) is 14.8. The molecule has 0 N–H and O–H groups in total. The van der Waals surface area contributed by atoms with Crippen LogP contribution in [-0.2, 0) is 6.61 Å². The smallest absolute Gasteiger partial charge is 0.162 e. The molecule has 3 rings (SSSR count). The van der Waals surface area contributed by atoms with Crippen LogP contribution in [0, 0.1) is 5.92 Å². The van der Waals surface area contributed by atoms with Gasteiger partial charge >= 0.3 is 0 Å². The van der Waals surface area contributed by atoms with Gasteiger partial charge in [-0.3, -0.25) is 4.79 Å². The lowest BCUT2D eigenvalue weighted by molar-refractivity contribution is 0.0974. The lowest BCUT2D eigenvalue weighted by atomic mass is 9.97. The molecule has 0 bridgehead atoms. The van der Waals surface area contributed by atoms with Crippen molar-refractivity contribution in [3.63, 3.8) is 0 Å². The van der Waals surface area contributed by atoms with Gasteiger partial charge in [0.15, 0.2) is 5.78 Å². The van der Waals surface area contributed by atoms with Crippen molar-refractivity contribution in [2.45, 2.75) is 45.1 Å². The number of rotatable bonds is 7. The fourth-order valence-electron chi connectivity index (χ4n) is 3.26. The van der Waals surface area contributed by atoms with Crippen molar-refractivity contribution >= 4 is 5.78 Å². The van der Waals surface area contributed by atoms with E-state index in [1.165, 1.54) is 25.7 Å². The van der Waals surface area contributed by atoms with Crippen molar-refractivity contribution in [1.82, 2.24) is 0 Å². The number of carbonyl (C=O) groups excluding carboxylic acids is 1. The summed E-state index contributed by atoms with van der Waals surface area (Å²) in [6.07, 6.45) is 7.01. The molecule has 0 atom stereocenters. The number of ketones is 1. The second-order valence-electron chi connectivity index (χ2n) is 6.41. The summed E-state index contributed by atoms with van der Waals surface area (Å²) in [6.45, 7) is 0.551. The Morgan fingerprint density at radius 1 is 0.957 bits per heavy atom. The summed E-state index contributed by atoms with van der Waals surface area (Å²) in [4.78, 5) is 12.3. The van der Waals surface area contributed by atoms with Gasteiger partial charge in [-0.1, -0.05) is 56.0 Å². The molecule has 0 radical (unpaired) electrons. The van der Waals surface area contributed by atoms with E-state index in [1.807, 2.05) is 54.6 Å². The Hall–Kier alpha value is -2.09. The van der Waals surface area contributed by atoms with Crippen molar-refractivity contribution in [2.24, 2.45) is 5.92 Å². The van der Waals surface area contributed by atoms with Crippen LogP contribution in [0.15, 0.2) is 54.6 Å². The Morgan fingerprint density at radius 2 is 1.65 bits per heavy atom. The van der Waals surface area contributed by atoms with E-state index < -0.39 is 0 Å². The van der Waals surface area contributed by atoms with Gasteiger partial charge in [-0.25, -0.2) is 0 Å². The Labute approximate surface area is 138 Å². The molecule has 0 aliphatic heterocycles. The fraction of sp³-hybridized carbons (Fsp3) is 0.381. The molecule has 0 aromatic heterocycles. The maximum atomic E-state index is 12.3. The maximum Gasteiger partial charge on any atom is 0.162 e. The highest BCUT2D eigenvalue weighted by molar-refractivity contribution is 5.96. The summed E-state index contributed by atoms with van der Waals surface area (Å²) in [5, 5.41) is 0. The molecule has 120 valence electrons. The minimum Gasteiger partial charge on any atom is -0.489 e. The van der Waals surface area contributed by atoms with E-state index in [2.05, 4.69) is 0 Å². The van der Waals surface area contributed by atoms with Gasteiger partial charge in [0, 0.05) is 12.0 Å². The first-order valence-corrected chi connectivity index (χ1v) is 8.61. The van der Waals surface area contributed by atoms with E-state index in [-0.39, 0.29) is 5.78 Å². The lowest BCUT2D eigenvalue weighted by Gasteiger charge is -2.09. The third kappa shape index (κ3) is 4.69.